The number of hydrogen-bond donors (Lipinski definition) is 2. The van der Waals surface area contributed by atoms with E-state index in [2.05, 4.69) is 5.32 Å². The van der Waals surface area contributed by atoms with Crippen molar-refractivity contribution in [1.82, 2.24) is 0 Å². The highest BCUT2D eigenvalue weighted by Gasteiger charge is 2.33. The molecule has 1 aromatic rings. The van der Waals surface area contributed by atoms with Gasteiger partial charge in [-0.2, -0.15) is 0 Å². The Balaban J connectivity index is 2.42. The van der Waals surface area contributed by atoms with Crippen molar-refractivity contribution in [2.45, 2.75) is 18.9 Å². The van der Waals surface area contributed by atoms with E-state index in [0.717, 1.165) is 0 Å². The summed E-state index contributed by atoms with van der Waals surface area (Å²) in [6.07, 6.45) is 0.710. The molecule has 1 aliphatic heterocycles. The van der Waals surface area contributed by atoms with E-state index >= 15 is 0 Å². The van der Waals surface area contributed by atoms with Gasteiger partial charge in [0.1, 0.15) is 11.3 Å². The van der Waals surface area contributed by atoms with Crippen molar-refractivity contribution in [3.8, 4) is 0 Å². The van der Waals surface area contributed by atoms with Crippen molar-refractivity contribution in [3.05, 3.63) is 33.9 Å². The Bertz CT molecular complexity index is 523. The first-order valence-electron chi connectivity index (χ1n) is 5.79. The zero-order chi connectivity index (χ0) is 14.0. The van der Waals surface area contributed by atoms with Crippen LogP contribution in [0.1, 0.15) is 23.7 Å². The number of aromatic carboxylic acids is 1. The fourth-order valence-corrected chi connectivity index (χ4v) is 2.10. The normalized spacial score (nSPS) is 22.2. The molecule has 2 N–H and O–H groups in total. The van der Waals surface area contributed by atoms with Gasteiger partial charge in [-0.15, -0.1) is 0 Å². The maximum atomic E-state index is 11.1. The van der Waals surface area contributed by atoms with E-state index in [0.29, 0.717) is 19.6 Å². The molecule has 1 atom stereocenters. The summed E-state index contributed by atoms with van der Waals surface area (Å²) in [6, 6.07) is 4.21. The largest absolute Gasteiger partial charge is 0.477 e. The second kappa shape index (κ2) is 4.85. The second-order valence-electron chi connectivity index (χ2n) is 4.75. The topological polar surface area (TPSA) is 102 Å². The van der Waals surface area contributed by atoms with Gasteiger partial charge in [0.05, 0.1) is 17.1 Å². The van der Waals surface area contributed by atoms with Crippen molar-refractivity contribution in [2.24, 2.45) is 0 Å². The zero-order valence-corrected chi connectivity index (χ0v) is 10.4. The second-order valence-corrected chi connectivity index (χ2v) is 4.75. The van der Waals surface area contributed by atoms with Gasteiger partial charge in [-0.1, -0.05) is 6.07 Å². The molecule has 0 amide bonds. The molecule has 0 aromatic heterocycles. The van der Waals surface area contributed by atoms with Crippen LogP contribution in [0.25, 0.3) is 0 Å². The van der Waals surface area contributed by atoms with Gasteiger partial charge in [0.2, 0.25) is 0 Å². The number of carbonyl (C=O) groups is 1. The first kappa shape index (κ1) is 13.3. The van der Waals surface area contributed by atoms with Crippen molar-refractivity contribution in [3.63, 3.8) is 0 Å². The molecule has 19 heavy (non-hydrogen) atoms. The SMILES string of the molecule is CC1(Nc2cccc(C(=O)O)c2[N+](=O)[O-])CCOC1. The molecule has 7 nitrogen and oxygen atoms in total. The Morgan fingerprint density at radius 3 is 2.84 bits per heavy atom. The third-order valence-electron chi connectivity index (χ3n) is 3.10. The highest BCUT2D eigenvalue weighted by Crippen LogP contribution is 2.33. The average Bonchev–Trinajstić information content (AvgIpc) is 2.75. The maximum Gasteiger partial charge on any atom is 0.342 e. The molecule has 0 bridgehead atoms. The lowest BCUT2D eigenvalue weighted by Gasteiger charge is -2.24. The quantitative estimate of drug-likeness (QED) is 0.637. The van der Waals surface area contributed by atoms with E-state index in [9.17, 15) is 14.9 Å². The van der Waals surface area contributed by atoms with Gasteiger partial charge in [-0.3, -0.25) is 10.1 Å². The minimum atomic E-state index is -1.32. The van der Waals surface area contributed by atoms with E-state index in [1.54, 1.807) is 0 Å². The third-order valence-corrected chi connectivity index (χ3v) is 3.10. The standard InChI is InChI=1S/C12H14N2O5/c1-12(5-6-19-7-12)13-9-4-2-3-8(11(15)16)10(9)14(17)18/h2-4,13H,5-7H2,1H3,(H,15,16). The van der Waals surface area contributed by atoms with Crippen LogP contribution in [0.5, 0.6) is 0 Å². The van der Waals surface area contributed by atoms with E-state index < -0.39 is 22.1 Å². The van der Waals surface area contributed by atoms with Gasteiger partial charge >= 0.3 is 11.7 Å². The first-order valence-corrected chi connectivity index (χ1v) is 5.79. The number of benzene rings is 1. The molecular formula is C12H14N2O5. The molecular weight excluding hydrogens is 252 g/mol. The Hall–Kier alpha value is -2.15. The smallest absolute Gasteiger partial charge is 0.342 e. The minimum absolute atomic E-state index is 0.206. The molecule has 0 aliphatic carbocycles. The van der Waals surface area contributed by atoms with Gasteiger partial charge in [0.25, 0.3) is 0 Å². The fourth-order valence-electron chi connectivity index (χ4n) is 2.10. The summed E-state index contributed by atoms with van der Waals surface area (Å²) in [6.45, 7) is 2.90. The number of nitro benzene ring substituents is 1. The number of nitro groups is 1. The molecule has 1 saturated heterocycles. The molecule has 1 heterocycles. The maximum absolute atomic E-state index is 11.1. The summed E-state index contributed by atoms with van der Waals surface area (Å²) in [7, 11) is 0. The van der Waals surface area contributed by atoms with Crippen LogP contribution < -0.4 is 5.32 Å². The van der Waals surface area contributed by atoms with E-state index in [1.807, 2.05) is 6.92 Å². The van der Waals surface area contributed by atoms with Crippen LogP contribution in [-0.4, -0.2) is 34.8 Å². The molecule has 0 radical (unpaired) electrons. The minimum Gasteiger partial charge on any atom is -0.477 e. The molecule has 1 aromatic carbocycles. The van der Waals surface area contributed by atoms with Gasteiger partial charge in [0, 0.05) is 6.61 Å². The monoisotopic (exact) mass is 266 g/mol. The number of nitrogens with one attached hydrogen (secondary N) is 1. The van der Waals surface area contributed by atoms with E-state index in [-0.39, 0.29) is 11.3 Å². The van der Waals surface area contributed by atoms with Crippen LogP contribution >= 0.6 is 0 Å². The molecule has 1 fully saturated rings. The number of ether oxygens (including phenoxy) is 1. The number of carboxylic acid groups (broad SMARTS) is 1. The predicted molar refractivity (Wildman–Crippen MR) is 67.5 cm³/mol. The van der Waals surface area contributed by atoms with Crippen molar-refractivity contribution in [2.75, 3.05) is 18.5 Å². The Morgan fingerprint density at radius 1 is 1.58 bits per heavy atom. The van der Waals surface area contributed by atoms with Crippen LogP contribution in [0, 0.1) is 10.1 Å². The molecule has 1 aliphatic rings. The van der Waals surface area contributed by atoms with E-state index in [4.69, 9.17) is 9.84 Å². The molecule has 0 spiro atoms. The van der Waals surface area contributed by atoms with Crippen LogP contribution in [0.15, 0.2) is 18.2 Å². The molecule has 0 saturated carbocycles. The first-order chi connectivity index (χ1) is 8.93. The summed E-state index contributed by atoms with van der Waals surface area (Å²) in [5, 5.41) is 23.1. The van der Waals surface area contributed by atoms with Crippen LogP contribution in [-0.2, 0) is 4.74 Å². The van der Waals surface area contributed by atoms with Gasteiger partial charge < -0.3 is 15.2 Å². The zero-order valence-electron chi connectivity index (χ0n) is 10.4. The summed E-state index contributed by atoms with van der Waals surface area (Å²) in [5.74, 6) is -1.32. The molecule has 1 unspecified atom stereocenters. The van der Waals surface area contributed by atoms with Crippen LogP contribution in [0.4, 0.5) is 11.4 Å². The van der Waals surface area contributed by atoms with Crippen molar-refractivity contribution < 1.29 is 19.6 Å². The van der Waals surface area contributed by atoms with Gasteiger partial charge in [0.15, 0.2) is 0 Å². The number of carboxylic acids is 1. The molecule has 102 valence electrons. The third kappa shape index (κ3) is 2.65. The van der Waals surface area contributed by atoms with Crippen molar-refractivity contribution in [1.29, 1.82) is 0 Å². The highest BCUT2D eigenvalue weighted by molar-refractivity contribution is 5.95. The number of anilines is 1. The van der Waals surface area contributed by atoms with Crippen LogP contribution in [0.3, 0.4) is 0 Å². The number of para-hydroxylation sites is 1. The fraction of sp³-hybridized carbons (Fsp3) is 0.417. The number of rotatable bonds is 4. The van der Waals surface area contributed by atoms with E-state index in [1.165, 1.54) is 18.2 Å². The summed E-state index contributed by atoms with van der Waals surface area (Å²) < 4.78 is 5.26. The predicted octanol–water partition coefficient (Wildman–Crippen LogP) is 1.88. The van der Waals surface area contributed by atoms with Gasteiger partial charge in [-0.05, 0) is 25.5 Å². The average molecular weight is 266 g/mol. The lowest BCUT2D eigenvalue weighted by molar-refractivity contribution is -0.384. The molecule has 7 heteroatoms. The summed E-state index contributed by atoms with van der Waals surface area (Å²) >= 11 is 0. The number of hydrogen-bond acceptors (Lipinski definition) is 5. The lowest BCUT2D eigenvalue weighted by Crippen LogP contribution is -2.35. The Labute approximate surface area is 109 Å². The van der Waals surface area contributed by atoms with Crippen LogP contribution in [0.2, 0.25) is 0 Å². The highest BCUT2D eigenvalue weighted by atomic mass is 16.6. The number of nitrogens with zero attached hydrogens (tertiary/aromatic N) is 1. The molecule has 2 rings (SSSR count). The Morgan fingerprint density at radius 2 is 2.32 bits per heavy atom. The lowest BCUT2D eigenvalue weighted by atomic mass is 10.0. The summed E-state index contributed by atoms with van der Waals surface area (Å²) in [4.78, 5) is 21.5. The summed E-state index contributed by atoms with van der Waals surface area (Å²) in [5.41, 5.74) is -0.944. The van der Waals surface area contributed by atoms with Crippen molar-refractivity contribution >= 4 is 17.3 Å². The van der Waals surface area contributed by atoms with Gasteiger partial charge in [-0.25, -0.2) is 4.79 Å². The Kier molecular flexibility index (Phi) is 3.39.